The second-order valence-electron chi connectivity index (χ2n) is 9.21. The summed E-state index contributed by atoms with van der Waals surface area (Å²) in [6.45, 7) is 4.26. The Balaban J connectivity index is 1.65. The average molecular weight is 549 g/mol. The monoisotopic (exact) mass is 548 g/mol. The molecule has 196 valence electrons. The lowest BCUT2D eigenvalue weighted by Gasteiger charge is -2.40. The topological polar surface area (TPSA) is 101 Å². The van der Waals surface area contributed by atoms with Crippen molar-refractivity contribution in [3.63, 3.8) is 0 Å². The van der Waals surface area contributed by atoms with Gasteiger partial charge in [-0.3, -0.25) is 0 Å². The quantitative estimate of drug-likeness (QED) is 0.438. The van der Waals surface area contributed by atoms with Gasteiger partial charge in [-0.1, -0.05) is 11.3 Å². The molecule has 2 aliphatic rings. The third-order valence-corrected chi connectivity index (χ3v) is 8.72. The molecule has 5 rings (SSSR count). The zero-order valence-electron chi connectivity index (χ0n) is 19.3. The van der Waals surface area contributed by atoms with E-state index in [-0.39, 0.29) is 22.0 Å². The Morgan fingerprint density at radius 2 is 1.86 bits per heavy atom. The molecule has 5 heterocycles. The van der Waals surface area contributed by atoms with Crippen LogP contribution in [0, 0.1) is 0 Å². The fourth-order valence-electron chi connectivity index (χ4n) is 4.57. The van der Waals surface area contributed by atoms with Gasteiger partial charge in [0.1, 0.15) is 10.4 Å². The van der Waals surface area contributed by atoms with Gasteiger partial charge in [0.2, 0.25) is 10.0 Å². The van der Waals surface area contributed by atoms with Crippen LogP contribution in [0.25, 0.3) is 16.2 Å². The van der Waals surface area contributed by atoms with Crippen molar-refractivity contribution in [2.24, 2.45) is 0 Å². The Hall–Kier alpha value is -2.33. The van der Waals surface area contributed by atoms with Crippen LogP contribution in [0.15, 0.2) is 29.3 Å². The van der Waals surface area contributed by atoms with Gasteiger partial charge in [0.25, 0.3) is 12.9 Å². The minimum Gasteiger partial charge on any atom is -0.377 e. The fraction of sp³-hybridized carbons (Fsp3) is 0.524. The predicted molar refractivity (Wildman–Crippen MR) is 125 cm³/mol. The van der Waals surface area contributed by atoms with E-state index in [4.69, 9.17) is 4.74 Å². The molecule has 3 aromatic rings. The number of fused-ring (bicyclic) bond motifs is 1. The van der Waals surface area contributed by atoms with Crippen molar-refractivity contribution in [2.75, 3.05) is 31.2 Å². The third-order valence-electron chi connectivity index (χ3n) is 6.25. The summed E-state index contributed by atoms with van der Waals surface area (Å²) in [5, 5.41) is 10.5. The third kappa shape index (κ3) is 4.47. The van der Waals surface area contributed by atoms with Gasteiger partial charge in [0.05, 0.1) is 30.1 Å². The van der Waals surface area contributed by atoms with Crippen LogP contribution in [0.2, 0.25) is 0 Å². The van der Waals surface area contributed by atoms with Crippen LogP contribution in [0.1, 0.15) is 25.3 Å². The lowest BCUT2D eigenvalue weighted by molar-refractivity contribution is -0.134. The van der Waals surface area contributed by atoms with Crippen molar-refractivity contribution < 1.29 is 30.7 Å². The van der Waals surface area contributed by atoms with Crippen molar-refractivity contribution in [3.8, 4) is 10.7 Å². The van der Waals surface area contributed by atoms with E-state index in [9.17, 15) is 26.0 Å². The maximum Gasteiger partial charge on any atom is 0.291 e. The number of nitrogens with zero attached hydrogens (tertiary/aromatic N) is 4. The van der Waals surface area contributed by atoms with E-state index in [2.05, 4.69) is 20.2 Å². The SMILES string of the molecule is C[C@H]1CN(c2cc(S(=O)(=O)NC3(C(F)F)COC3)cn3c(-c4nnc(C(F)F)s4)ccc23)C[C@H](C)N1. The number of rotatable bonds is 7. The minimum atomic E-state index is -4.41. The number of nitrogens with one attached hydrogen (secondary N) is 2. The van der Waals surface area contributed by atoms with Gasteiger partial charge in [0.15, 0.2) is 10.0 Å². The van der Waals surface area contributed by atoms with Gasteiger partial charge in [0, 0.05) is 31.4 Å². The summed E-state index contributed by atoms with van der Waals surface area (Å²) in [7, 11) is -4.41. The van der Waals surface area contributed by atoms with Crippen molar-refractivity contribution in [2.45, 2.75) is 49.2 Å². The van der Waals surface area contributed by atoms with Crippen LogP contribution in [0.3, 0.4) is 0 Å². The molecule has 0 aromatic carbocycles. The number of piperazine rings is 1. The second-order valence-corrected chi connectivity index (χ2v) is 11.9. The molecule has 0 spiro atoms. The fourth-order valence-corrected chi connectivity index (χ4v) is 6.66. The standard InChI is InChI=1S/C21H24F4N6O3S2/c1-11-6-30(7-12(2)26-11)16-5-13(36(32,33)29-21(20(24)25)9-34-10-21)8-31-14(16)3-4-15(31)18-27-28-19(35-18)17(22)23/h3-5,8,11-12,17,20,26,29H,6-7,9-10H2,1-2H3/t11-,12-/m0/s1. The Bertz CT molecular complexity index is 1370. The molecule has 0 bridgehead atoms. The van der Waals surface area contributed by atoms with Crippen molar-refractivity contribution in [1.82, 2.24) is 24.6 Å². The van der Waals surface area contributed by atoms with Gasteiger partial charge in [-0.2, -0.15) is 4.72 Å². The highest BCUT2D eigenvalue weighted by Gasteiger charge is 2.50. The molecule has 2 N–H and O–H groups in total. The van der Waals surface area contributed by atoms with Crippen molar-refractivity contribution >= 4 is 32.6 Å². The Morgan fingerprint density at radius 3 is 2.42 bits per heavy atom. The number of hydrogen-bond donors (Lipinski definition) is 2. The molecule has 0 unspecified atom stereocenters. The van der Waals surface area contributed by atoms with E-state index < -0.39 is 46.6 Å². The van der Waals surface area contributed by atoms with E-state index in [1.165, 1.54) is 16.7 Å². The molecule has 2 aliphatic heterocycles. The van der Waals surface area contributed by atoms with Crippen LogP contribution in [0.4, 0.5) is 23.2 Å². The number of pyridine rings is 1. The smallest absolute Gasteiger partial charge is 0.291 e. The molecule has 3 aromatic heterocycles. The summed E-state index contributed by atoms with van der Waals surface area (Å²) in [5.41, 5.74) is -0.454. The Labute approximate surface area is 208 Å². The number of halogens is 4. The van der Waals surface area contributed by atoms with E-state index in [0.29, 0.717) is 41.3 Å². The van der Waals surface area contributed by atoms with E-state index in [0.717, 1.165) is 0 Å². The largest absolute Gasteiger partial charge is 0.377 e. The predicted octanol–water partition coefficient (Wildman–Crippen LogP) is 2.89. The molecule has 2 fully saturated rings. The van der Waals surface area contributed by atoms with Gasteiger partial charge in [-0.15, -0.1) is 10.2 Å². The van der Waals surface area contributed by atoms with E-state index in [1.54, 1.807) is 12.1 Å². The number of hydrogen-bond acceptors (Lipinski definition) is 8. The molecular weight excluding hydrogens is 524 g/mol. The molecule has 2 atom stereocenters. The normalized spacial score (nSPS) is 22.5. The lowest BCUT2D eigenvalue weighted by atomic mass is 10.0. The number of anilines is 1. The molecule has 15 heteroatoms. The molecule has 0 aliphatic carbocycles. The Kier molecular flexibility index (Phi) is 6.47. The molecule has 2 saturated heterocycles. The van der Waals surface area contributed by atoms with Crippen molar-refractivity contribution in [1.29, 1.82) is 0 Å². The summed E-state index contributed by atoms with van der Waals surface area (Å²) in [5.74, 6) is 0. The van der Waals surface area contributed by atoms with Crippen LogP contribution >= 0.6 is 11.3 Å². The maximum atomic E-state index is 13.7. The average Bonchev–Trinajstić information content (AvgIpc) is 3.41. The highest BCUT2D eigenvalue weighted by molar-refractivity contribution is 7.89. The van der Waals surface area contributed by atoms with Gasteiger partial charge in [-0.25, -0.2) is 26.0 Å². The summed E-state index contributed by atoms with van der Waals surface area (Å²) < 4.78 is 88.9. The first-order valence-electron chi connectivity index (χ1n) is 11.2. The number of sulfonamides is 1. The minimum absolute atomic E-state index is 0.104. The Morgan fingerprint density at radius 1 is 1.17 bits per heavy atom. The second kappa shape index (κ2) is 9.20. The van der Waals surface area contributed by atoms with Gasteiger partial charge in [-0.05, 0) is 32.0 Å². The first-order valence-corrected chi connectivity index (χ1v) is 13.5. The highest BCUT2D eigenvalue weighted by Crippen LogP contribution is 2.36. The van der Waals surface area contributed by atoms with Crippen LogP contribution in [0.5, 0.6) is 0 Å². The molecule has 0 amide bonds. The van der Waals surface area contributed by atoms with Crippen molar-refractivity contribution in [3.05, 3.63) is 29.4 Å². The molecule has 9 nitrogen and oxygen atoms in total. The van der Waals surface area contributed by atoms with Crippen LogP contribution in [-0.4, -0.2) is 73.4 Å². The van der Waals surface area contributed by atoms with Gasteiger partial charge < -0.3 is 19.4 Å². The van der Waals surface area contributed by atoms with Crippen LogP contribution in [-0.2, 0) is 14.8 Å². The first kappa shape index (κ1) is 25.3. The van der Waals surface area contributed by atoms with Gasteiger partial charge >= 0.3 is 0 Å². The highest BCUT2D eigenvalue weighted by atomic mass is 32.2. The summed E-state index contributed by atoms with van der Waals surface area (Å²) in [6, 6.07) is 5.05. The van der Waals surface area contributed by atoms with E-state index >= 15 is 0 Å². The zero-order valence-corrected chi connectivity index (χ0v) is 20.9. The lowest BCUT2D eigenvalue weighted by Crippen LogP contribution is -2.66. The summed E-state index contributed by atoms with van der Waals surface area (Å²) >= 11 is 0.698. The number of aromatic nitrogens is 3. The summed E-state index contributed by atoms with van der Waals surface area (Å²) in [6.07, 6.45) is -4.47. The molecular formula is C21H24F4N6O3S2. The number of alkyl halides is 4. The molecule has 0 saturated carbocycles. The first-order chi connectivity index (χ1) is 17.0. The van der Waals surface area contributed by atoms with E-state index in [1.807, 2.05) is 18.7 Å². The number of ether oxygens (including phenoxy) is 1. The molecule has 36 heavy (non-hydrogen) atoms. The molecule has 0 radical (unpaired) electrons. The maximum absolute atomic E-state index is 13.7. The van der Waals surface area contributed by atoms with Crippen LogP contribution < -0.4 is 14.9 Å². The zero-order chi connectivity index (χ0) is 25.8. The summed E-state index contributed by atoms with van der Waals surface area (Å²) in [4.78, 5) is 1.77.